The van der Waals surface area contributed by atoms with Gasteiger partial charge in [0.1, 0.15) is 0 Å². The van der Waals surface area contributed by atoms with Crippen molar-refractivity contribution in [1.29, 1.82) is 0 Å². The summed E-state index contributed by atoms with van der Waals surface area (Å²) in [5.41, 5.74) is 7.44. The molecule has 0 radical (unpaired) electrons. The van der Waals surface area contributed by atoms with E-state index in [1.54, 1.807) is 0 Å². The molecule has 0 spiro atoms. The monoisotopic (exact) mass is 276 g/mol. The van der Waals surface area contributed by atoms with Gasteiger partial charge in [-0.3, -0.25) is 4.79 Å². The highest BCUT2D eigenvalue weighted by molar-refractivity contribution is 5.96. The van der Waals surface area contributed by atoms with E-state index >= 15 is 0 Å². The first-order chi connectivity index (χ1) is 9.56. The summed E-state index contributed by atoms with van der Waals surface area (Å²) in [6.45, 7) is 4.87. The van der Waals surface area contributed by atoms with Crippen LogP contribution in [-0.2, 0) is 16.0 Å². The van der Waals surface area contributed by atoms with Crippen LogP contribution in [-0.4, -0.2) is 25.2 Å². The highest BCUT2D eigenvalue weighted by atomic mass is 16.5. The van der Waals surface area contributed by atoms with Crippen molar-refractivity contribution in [2.45, 2.75) is 39.2 Å². The lowest BCUT2D eigenvalue weighted by molar-refractivity contribution is -0.125. The zero-order valence-corrected chi connectivity index (χ0v) is 12.3. The van der Waals surface area contributed by atoms with Gasteiger partial charge < -0.3 is 15.8 Å². The second-order valence-corrected chi connectivity index (χ2v) is 5.79. The van der Waals surface area contributed by atoms with E-state index in [9.17, 15) is 4.79 Å². The number of hydrogen-bond donors (Lipinski definition) is 2. The second-order valence-electron chi connectivity index (χ2n) is 5.79. The number of carbonyl (C=O) groups excluding carboxylic acids is 1. The third-order valence-electron chi connectivity index (χ3n) is 4.07. The van der Waals surface area contributed by atoms with Crippen LogP contribution in [0.1, 0.15) is 32.3 Å². The number of rotatable bonds is 5. The van der Waals surface area contributed by atoms with Gasteiger partial charge in [-0.15, -0.1) is 0 Å². The van der Waals surface area contributed by atoms with Crippen LogP contribution in [0, 0.1) is 5.41 Å². The molecule has 1 aromatic carbocycles. The highest BCUT2D eigenvalue weighted by Crippen LogP contribution is 2.28. The number of carbonyl (C=O) groups is 1. The fourth-order valence-corrected chi connectivity index (χ4v) is 2.33. The molecule has 0 aliphatic carbocycles. The van der Waals surface area contributed by atoms with Crippen molar-refractivity contribution in [3.05, 3.63) is 29.8 Å². The Morgan fingerprint density at radius 1 is 1.45 bits per heavy atom. The summed E-state index contributed by atoms with van der Waals surface area (Å²) in [4.78, 5) is 12.3. The molecule has 0 aromatic heterocycles. The SMILES string of the molecule is CCCCc1ccc(NC(=O)C2(C)COCC2N)cc1. The first kappa shape index (κ1) is 15.0. The van der Waals surface area contributed by atoms with Gasteiger partial charge in [0.25, 0.3) is 0 Å². The topological polar surface area (TPSA) is 64.3 Å². The Labute approximate surface area is 120 Å². The van der Waals surface area contributed by atoms with Crippen molar-refractivity contribution < 1.29 is 9.53 Å². The molecule has 0 bridgehead atoms. The predicted molar refractivity (Wildman–Crippen MR) is 80.6 cm³/mol. The smallest absolute Gasteiger partial charge is 0.234 e. The molecule has 2 rings (SSSR count). The Morgan fingerprint density at radius 2 is 2.15 bits per heavy atom. The number of nitrogens with one attached hydrogen (secondary N) is 1. The molecular weight excluding hydrogens is 252 g/mol. The molecule has 1 fully saturated rings. The number of anilines is 1. The molecule has 4 heteroatoms. The first-order valence-electron chi connectivity index (χ1n) is 7.30. The van der Waals surface area contributed by atoms with Crippen LogP contribution >= 0.6 is 0 Å². The molecule has 3 N–H and O–H groups in total. The molecule has 20 heavy (non-hydrogen) atoms. The molecule has 1 aliphatic rings. The van der Waals surface area contributed by atoms with Gasteiger partial charge in [0.15, 0.2) is 0 Å². The Hall–Kier alpha value is -1.39. The van der Waals surface area contributed by atoms with Gasteiger partial charge >= 0.3 is 0 Å². The molecule has 1 saturated heterocycles. The van der Waals surface area contributed by atoms with E-state index in [0.29, 0.717) is 13.2 Å². The highest BCUT2D eigenvalue weighted by Gasteiger charge is 2.44. The summed E-state index contributed by atoms with van der Waals surface area (Å²) in [6.07, 6.45) is 3.46. The van der Waals surface area contributed by atoms with Crippen molar-refractivity contribution in [1.82, 2.24) is 0 Å². The largest absolute Gasteiger partial charge is 0.379 e. The van der Waals surface area contributed by atoms with Crippen molar-refractivity contribution in [3.8, 4) is 0 Å². The Morgan fingerprint density at radius 3 is 2.70 bits per heavy atom. The van der Waals surface area contributed by atoms with Gasteiger partial charge in [0.2, 0.25) is 5.91 Å². The van der Waals surface area contributed by atoms with Crippen LogP contribution in [0.2, 0.25) is 0 Å². The average Bonchev–Trinajstić information content (AvgIpc) is 2.79. The van der Waals surface area contributed by atoms with Crippen molar-refractivity contribution >= 4 is 11.6 Å². The molecular formula is C16H24N2O2. The fraction of sp³-hybridized carbons (Fsp3) is 0.562. The van der Waals surface area contributed by atoms with Crippen LogP contribution in [0.25, 0.3) is 0 Å². The first-order valence-corrected chi connectivity index (χ1v) is 7.30. The van der Waals surface area contributed by atoms with Gasteiger partial charge in [-0.25, -0.2) is 0 Å². The lowest BCUT2D eigenvalue weighted by atomic mass is 9.85. The zero-order chi connectivity index (χ0) is 14.6. The van der Waals surface area contributed by atoms with Crippen LogP contribution in [0.3, 0.4) is 0 Å². The minimum Gasteiger partial charge on any atom is -0.379 e. The number of ether oxygens (including phenoxy) is 1. The maximum atomic E-state index is 12.3. The third-order valence-corrected chi connectivity index (χ3v) is 4.07. The Bertz CT molecular complexity index is 458. The molecule has 1 aromatic rings. The lowest BCUT2D eigenvalue weighted by Crippen LogP contribution is -2.47. The van der Waals surface area contributed by atoms with E-state index in [2.05, 4.69) is 24.4 Å². The van der Waals surface area contributed by atoms with Crippen molar-refractivity contribution in [2.24, 2.45) is 11.1 Å². The second kappa shape index (κ2) is 6.37. The molecule has 1 heterocycles. The summed E-state index contributed by atoms with van der Waals surface area (Å²) < 4.78 is 5.31. The summed E-state index contributed by atoms with van der Waals surface area (Å²) in [5.74, 6) is -0.0659. The maximum Gasteiger partial charge on any atom is 0.234 e. The third kappa shape index (κ3) is 3.19. The molecule has 4 nitrogen and oxygen atoms in total. The number of hydrogen-bond acceptors (Lipinski definition) is 3. The van der Waals surface area contributed by atoms with Crippen molar-refractivity contribution in [2.75, 3.05) is 18.5 Å². The van der Waals surface area contributed by atoms with E-state index in [-0.39, 0.29) is 11.9 Å². The van der Waals surface area contributed by atoms with E-state index in [4.69, 9.17) is 10.5 Å². The Balaban J connectivity index is 1.97. The van der Waals surface area contributed by atoms with E-state index < -0.39 is 5.41 Å². The summed E-state index contributed by atoms with van der Waals surface area (Å²) >= 11 is 0. The molecule has 2 atom stereocenters. The average molecular weight is 276 g/mol. The molecule has 1 aliphatic heterocycles. The predicted octanol–water partition coefficient (Wildman–Crippen LogP) is 2.33. The fourth-order valence-electron chi connectivity index (χ4n) is 2.33. The number of amides is 1. The lowest BCUT2D eigenvalue weighted by Gasteiger charge is -2.25. The Kier molecular flexibility index (Phi) is 4.78. The van der Waals surface area contributed by atoms with Gasteiger partial charge in [-0.1, -0.05) is 25.5 Å². The van der Waals surface area contributed by atoms with Crippen LogP contribution in [0.5, 0.6) is 0 Å². The van der Waals surface area contributed by atoms with Crippen LogP contribution < -0.4 is 11.1 Å². The minimum atomic E-state index is -0.638. The van der Waals surface area contributed by atoms with Gasteiger partial charge in [0.05, 0.1) is 18.6 Å². The summed E-state index contributed by atoms with van der Waals surface area (Å²) in [5, 5.41) is 2.94. The van der Waals surface area contributed by atoms with Gasteiger partial charge in [-0.05, 0) is 37.5 Å². The molecule has 1 amide bonds. The van der Waals surface area contributed by atoms with Crippen molar-refractivity contribution in [3.63, 3.8) is 0 Å². The summed E-state index contributed by atoms with van der Waals surface area (Å²) in [7, 11) is 0. The minimum absolute atomic E-state index is 0.0659. The standard InChI is InChI=1S/C16H24N2O2/c1-3-4-5-12-6-8-13(9-7-12)18-15(19)16(2)11-20-10-14(16)17/h6-9,14H,3-5,10-11,17H2,1-2H3,(H,18,19). The quantitative estimate of drug-likeness (QED) is 0.867. The zero-order valence-electron chi connectivity index (χ0n) is 12.3. The number of aryl methyl sites for hydroxylation is 1. The number of unbranched alkanes of at least 4 members (excludes halogenated alkanes) is 1. The normalized spacial score (nSPS) is 25.6. The molecule has 110 valence electrons. The van der Waals surface area contributed by atoms with Gasteiger partial charge in [0, 0.05) is 11.7 Å². The van der Waals surface area contributed by atoms with E-state index in [1.807, 2.05) is 19.1 Å². The number of benzene rings is 1. The van der Waals surface area contributed by atoms with Crippen LogP contribution in [0.4, 0.5) is 5.69 Å². The maximum absolute atomic E-state index is 12.3. The van der Waals surface area contributed by atoms with Crippen LogP contribution in [0.15, 0.2) is 24.3 Å². The van der Waals surface area contributed by atoms with E-state index in [0.717, 1.165) is 12.1 Å². The summed E-state index contributed by atoms with van der Waals surface area (Å²) in [6, 6.07) is 7.80. The molecule has 0 saturated carbocycles. The van der Waals surface area contributed by atoms with Gasteiger partial charge in [-0.2, -0.15) is 0 Å². The number of nitrogens with two attached hydrogens (primary N) is 1. The molecule has 2 unspecified atom stereocenters. The van der Waals surface area contributed by atoms with E-state index in [1.165, 1.54) is 18.4 Å².